The van der Waals surface area contributed by atoms with Crippen molar-refractivity contribution in [1.82, 2.24) is 15.6 Å². The topological polar surface area (TPSA) is 80.3 Å². The minimum absolute atomic E-state index is 0.222. The molecule has 0 bridgehead atoms. The first-order chi connectivity index (χ1) is 10.0. The van der Waals surface area contributed by atoms with E-state index in [2.05, 4.69) is 15.6 Å². The predicted molar refractivity (Wildman–Crippen MR) is 79.5 cm³/mol. The summed E-state index contributed by atoms with van der Waals surface area (Å²) in [7, 11) is 0. The van der Waals surface area contributed by atoms with Crippen LogP contribution in [0.1, 0.15) is 32.8 Å². The Bertz CT molecular complexity index is 449. The molecule has 6 nitrogen and oxygen atoms in total. The van der Waals surface area contributed by atoms with E-state index >= 15 is 0 Å². The van der Waals surface area contributed by atoms with Crippen LogP contribution in [-0.4, -0.2) is 29.6 Å². The number of aromatic nitrogens is 1. The Morgan fingerprint density at radius 2 is 2.14 bits per heavy atom. The monoisotopic (exact) mass is 293 g/mol. The number of nitrogens with one attached hydrogen (secondary N) is 2. The second-order valence-electron chi connectivity index (χ2n) is 5.13. The zero-order valence-corrected chi connectivity index (χ0v) is 12.8. The molecule has 2 amide bonds. The number of carbonyl (C=O) groups excluding carboxylic acids is 2. The molecule has 0 aliphatic carbocycles. The van der Waals surface area contributed by atoms with Gasteiger partial charge in [0.1, 0.15) is 6.04 Å². The average molecular weight is 293 g/mol. The van der Waals surface area contributed by atoms with Crippen LogP contribution in [0.2, 0.25) is 0 Å². The summed E-state index contributed by atoms with van der Waals surface area (Å²) < 4.78 is 4.83. The van der Waals surface area contributed by atoms with Gasteiger partial charge in [0.25, 0.3) is 0 Å². The van der Waals surface area contributed by atoms with Crippen molar-refractivity contribution in [3.8, 4) is 0 Å². The fourth-order valence-corrected chi connectivity index (χ4v) is 1.83. The normalized spacial score (nSPS) is 11.8. The second kappa shape index (κ2) is 8.94. The van der Waals surface area contributed by atoms with Gasteiger partial charge in [-0.05, 0) is 30.9 Å². The zero-order chi connectivity index (χ0) is 15.7. The molecule has 0 aliphatic rings. The van der Waals surface area contributed by atoms with Gasteiger partial charge in [-0.3, -0.25) is 9.78 Å². The van der Waals surface area contributed by atoms with Gasteiger partial charge in [0, 0.05) is 18.9 Å². The van der Waals surface area contributed by atoms with Gasteiger partial charge in [0.2, 0.25) is 5.91 Å². The minimum Gasteiger partial charge on any atom is -0.450 e. The Kier molecular flexibility index (Phi) is 7.21. The largest absolute Gasteiger partial charge is 0.450 e. The highest BCUT2D eigenvalue weighted by molar-refractivity contribution is 5.85. The lowest BCUT2D eigenvalue weighted by Crippen LogP contribution is -2.47. The van der Waals surface area contributed by atoms with Crippen LogP contribution >= 0.6 is 0 Å². The van der Waals surface area contributed by atoms with Crippen molar-refractivity contribution in [1.29, 1.82) is 0 Å². The molecule has 0 aliphatic heterocycles. The molecule has 1 aromatic rings. The summed E-state index contributed by atoms with van der Waals surface area (Å²) in [5.74, 6) is 0.0571. The summed E-state index contributed by atoms with van der Waals surface area (Å²) in [6.45, 7) is 6.37. The van der Waals surface area contributed by atoms with Crippen LogP contribution in [0.4, 0.5) is 4.79 Å². The summed E-state index contributed by atoms with van der Waals surface area (Å²) in [6, 6.07) is 3.09. The third kappa shape index (κ3) is 6.74. The second-order valence-corrected chi connectivity index (χ2v) is 5.13. The standard InChI is InChI=1S/C15H23N3O3/c1-4-21-15(20)18-13(8-11(2)3)14(19)17-10-12-6-5-7-16-9-12/h5-7,9,11,13H,4,8,10H2,1-3H3,(H,17,19)(H,18,20)/t13-/m1/s1. The highest BCUT2D eigenvalue weighted by Crippen LogP contribution is 2.06. The Morgan fingerprint density at radius 3 is 2.71 bits per heavy atom. The SMILES string of the molecule is CCOC(=O)N[C@H](CC(C)C)C(=O)NCc1cccnc1. The van der Waals surface area contributed by atoms with Crippen LogP contribution in [0, 0.1) is 5.92 Å². The van der Waals surface area contributed by atoms with Crippen molar-refractivity contribution in [3.63, 3.8) is 0 Å². The Morgan fingerprint density at radius 1 is 1.38 bits per heavy atom. The fraction of sp³-hybridized carbons (Fsp3) is 0.533. The molecule has 0 aromatic carbocycles. The number of ether oxygens (including phenoxy) is 1. The van der Waals surface area contributed by atoms with Crippen LogP contribution in [0.15, 0.2) is 24.5 Å². The number of hydrogen-bond donors (Lipinski definition) is 2. The van der Waals surface area contributed by atoms with E-state index in [1.165, 1.54) is 0 Å². The van der Waals surface area contributed by atoms with Crippen molar-refractivity contribution in [2.45, 2.75) is 39.8 Å². The van der Waals surface area contributed by atoms with Crippen LogP contribution in [-0.2, 0) is 16.1 Å². The third-order valence-electron chi connectivity index (χ3n) is 2.78. The molecule has 0 saturated heterocycles. The zero-order valence-electron chi connectivity index (χ0n) is 12.8. The summed E-state index contributed by atoms with van der Waals surface area (Å²) >= 11 is 0. The van der Waals surface area contributed by atoms with E-state index in [1.807, 2.05) is 26.0 Å². The molecular formula is C15H23N3O3. The lowest BCUT2D eigenvalue weighted by molar-refractivity contribution is -0.123. The minimum atomic E-state index is -0.597. The molecule has 0 spiro atoms. The number of nitrogens with zero attached hydrogens (tertiary/aromatic N) is 1. The highest BCUT2D eigenvalue weighted by atomic mass is 16.5. The van der Waals surface area contributed by atoms with Crippen LogP contribution in [0.3, 0.4) is 0 Å². The number of rotatable bonds is 7. The van der Waals surface area contributed by atoms with Crippen molar-refractivity contribution >= 4 is 12.0 Å². The Hall–Kier alpha value is -2.11. The first-order valence-corrected chi connectivity index (χ1v) is 7.12. The first kappa shape index (κ1) is 16.9. The van der Waals surface area contributed by atoms with E-state index in [0.29, 0.717) is 13.0 Å². The Balaban J connectivity index is 2.56. The quantitative estimate of drug-likeness (QED) is 0.804. The maximum Gasteiger partial charge on any atom is 0.407 e. The molecule has 1 atom stereocenters. The number of amides is 2. The van der Waals surface area contributed by atoms with Crippen LogP contribution in [0.25, 0.3) is 0 Å². The number of alkyl carbamates (subject to hydrolysis) is 1. The van der Waals surface area contributed by atoms with E-state index in [9.17, 15) is 9.59 Å². The van der Waals surface area contributed by atoms with E-state index in [1.54, 1.807) is 19.3 Å². The van der Waals surface area contributed by atoms with Gasteiger partial charge in [-0.2, -0.15) is 0 Å². The van der Waals surface area contributed by atoms with Gasteiger partial charge in [-0.25, -0.2) is 4.79 Å². The average Bonchev–Trinajstić information content (AvgIpc) is 2.45. The molecule has 6 heteroatoms. The molecule has 2 N–H and O–H groups in total. The molecule has 0 saturated carbocycles. The molecular weight excluding hydrogens is 270 g/mol. The number of pyridine rings is 1. The lowest BCUT2D eigenvalue weighted by Gasteiger charge is -2.19. The van der Waals surface area contributed by atoms with Crippen molar-refractivity contribution < 1.29 is 14.3 Å². The Labute approximate surface area is 125 Å². The molecule has 0 radical (unpaired) electrons. The van der Waals surface area contributed by atoms with Gasteiger partial charge in [-0.15, -0.1) is 0 Å². The van der Waals surface area contributed by atoms with Crippen molar-refractivity contribution in [2.24, 2.45) is 5.92 Å². The maximum absolute atomic E-state index is 12.2. The van der Waals surface area contributed by atoms with Crippen molar-refractivity contribution in [3.05, 3.63) is 30.1 Å². The van der Waals surface area contributed by atoms with E-state index in [0.717, 1.165) is 5.56 Å². The fourth-order valence-electron chi connectivity index (χ4n) is 1.83. The van der Waals surface area contributed by atoms with E-state index in [4.69, 9.17) is 4.74 Å². The summed E-state index contributed by atoms with van der Waals surface area (Å²) in [5, 5.41) is 5.40. The molecule has 116 valence electrons. The summed E-state index contributed by atoms with van der Waals surface area (Å²) in [6.07, 6.45) is 3.35. The smallest absolute Gasteiger partial charge is 0.407 e. The lowest BCUT2D eigenvalue weighted by atomic mass is 10.0. The van der Waals surface area contributed by atoms with Crippen LogP contribution in [0.5, 0.6) is 0 Å². The van der Waals surface area contributed by atoms with Crippen LogP contribution < -0.4 is 10.6 Å². The molecule has 1 heterocycles. The molecule has 1 aromatic heterocycles. The summed E-state index contributed by atoms with van der Waals surface area (Å²) in [4.78, 5) is 27.7. The molecule has 1 rings (SSSR count). The number of carbonyl (C=O) groups is 2. The van der Waals surface area contributed by atoms with E-state index in [-0.39, 0.29) is 18.4 Å². The van der Waals surface area contributed by atoms with Gasteiger partial charge in [0.15, 0.2) is 0 Å². The molecule has 21 heavy (non-hydrogen) atoms. The maximum atomic E-state index is 12.2. The van der Waals surface area contributed by atoms with Gasteiger partial charge < -0.3 is 15.4 Å². The first-order valence-electron chi connectivity index (χ1n) is 7.12. The third-order valence-corrected chi connectivity index (χ3v) is 2.78. The van der Waals surface area contributed by atoms with Gasteiger partial charge >= 0.3 is 6.09 Å². The molecule has 0 fully saturated rings. The molecule has 0 unspecified atom stereocenters. The highest BCUT2D eigenvalue weighted by Gasteiger charge is 2.22. The van der Waals surface area contributed by atoms with Gasteiger partial charge in [-0.1, -0.05) is 19.9 Å². The van der Waals surface area contributed by atoms with Gasteiger partial charge in [0.05, 0.1) is 6.61 Å². The van der Waals surface area contributed by atoms with E-state index < -0.39 is 12.1 Å². The number of hydrogen-bond acceptors (Lipinski definition) is 4. The van der Waals surface area contributed by atoms with Crippen molar-refractivity contribution in [2.75, 3.05) is 6.61 Å². The summed E-state index contributed by atoms with van der Waals surface area (Å²) in [5.41, 5.74) is 0.908. The predicted octanol–water partition coefficient (Wildman–Crippen LogP) is 1.86.